The fourth-order valence-electron chi connectivity index (χ4n) is 4.53. The molecule has 3 aromatic rings. The number of thiocarbonyl (C=S) groups is 2. The monoisotopic (exact) mass is 678 g/mol. The molecule has 232 valence electrons. The molecule has 45 heavy (non-hydrogen) atoms. The van der Waals surface area contributed by atoms with E-state index < -0.39 is 40.1 Å². The van der Waals surface area contributed by atoms with Crippen LogP contribution in [0.1, 0.15) is 36.1 Å². The summed E-state index contributed by atoms with van der Waals surface area (Å²) in [5.41, 5.74) is -4.00. The average molecular weight is 679 g/mol. The third kappa shape index (κ3) is 6.98. The highest BCUT2D eigenvalue weighted by atomic mass is 32.2. The van der Waals surface area contributed by atoms with Gasteiger partial charge in [-0.2, -0.15) is 41.3 Å². The molecule has 0 unspecified atom stereocenters. The van der Waals surface area contributed by atoms with Gasteiger partial charge in [0.05, 0.1) is 50.8 Å². The number of halogens is 6. The predicted octanol–water partition coefficient (Wildman–Crippen LogP) is 8.05. The van der Waals surface area contributed by atoms with Crippen molar-refractivity contribution in [2.75, 3.05) is 20.9 Å². The first kappa shape index (κ1) is 33.5. The Morgan fingerprint density at radius 1 is 0.911 bits per heavy atom. The number of aromatic hydroxyl groups is 1. The van der Waals surface area contributed by atoms with Crippen molar-refractivity contribution in [3.8, 4) is 17.9 Å². The maximum Gasteiger partial charge on any atom is 0.417 e. The number of rotatable bonds is 6. The first-order chi connectivity index (χ1) is 21.0. The maximum atomic E-state index is 13.9. The van der Waals surface area contributed by atoms with Gasteiger partial charge in [-0.1, -0.05) is 12.2 Å². The molecule has 0 aliphatic carbocycles. The number of alkyl halides is 6. The van der Waals surface area contributed by atoms with Gasteiger partial charge in [-0.3, -0.25) is 4.90 Å². The standard InChI is InChI=1S/C29H20F6N6OS3/c1-27(2)25(39-45-15-24(43)38-18-5-3-16(13-36)22(11-18)28(30,31)32)40(26(44)41(27)19-7-9-21(42)10-8-19)20-6-4-17(14-37)23(12-20)29(33,34)35/h3-12,42H,15H2,1-2H3,(H,38,43). The number of nitrogens with one attached hydrogen (secondary N) is 1. The van der Waals surface area contributed by atoms with Crippen LogP contribution < -0.4 is 15.1 Å². The van der Waals surface area contributed by atoms with Gasteiger partial charge in [-0.15, -0.1) is 0 Å². The Hall–Kier alpha value is -4.38. The minimum absolute atomic E-state index is 0.000605. The minimum Gasteiger partial charge on any atom is -0.508 e. The molecule has 16 heteroatoms. The van der Waals surface area contributed by atoms with Crippen molar-refractivity contribution >= 4 is 69.4 Å². The summed E-state index contributed by atoms with van der Waals surface area (Å²) in [4.78, 5) is 3.05. The van der Waals surface area contributed by atoms with Crippen LogP contribution >= 0.6 is 36.4 Å². The van der Waals surface area contributed by atoms with Gasteiger partial charge in [0.25, 0.3) is 0 Å². The van der Waals surface area contributed by atoms with Crippen molar-refractivity contribution in [2.24, 2.45) is 4.40 Å². The molecule has 1 aliphatic heterocycles. The van der Waals surface area contributed by atoms with Crippen molar-refractivity contribution in [2.45, 2.75) is 31.7 Å². The highest BCUT2D eigenvalue weighted by molar-refractivity contribution is 8.00. The minimum atomic E-state index is -4.84. The van der Waals surface area contributed by atoms with Gasteiger partial charge in [-0.05, 0) is 98.7 Å². The van der Waals surface area contributed by atoms with E-state index in [0.29, 0.717) is 5.69 Å². The summed E-state index contributed by atoms with van der Waals surface area (Å²) in [6, 6.07) is 15.2. The molecule has 0 saturated carbocycles. The molecule has 1 fully saturated rings. The van der Waals surface area contributed by atoms with Crippen molar-refractivity contribution < 1.29 is 31.4 Å². The van der Waals surface area contributed by atoms with Crippen LogP contribution in [0.4, 0.5) is 43.4 Å². The fourth-order valence-corrected chi connectivity index (χ4v) is 6.01. The van der Waals surface area contributed by atoms with Crippen molar-refractivity contribution in [3.05, 3.63) is 82.9 Å². The third-order valence-electron chi connectivity index (χ3n) is 6.57. The number of nitriles is 2. The van der Waals surface area contributed by atoms with Crippen molar-refractivity contribution in [3.63, 3.8) is 0 Å². The summed E-state index contributed by atoms with van der Waals surface area (Å²) in [6.45, 7) is 3.46. The van der Waals surface area contributed by atoms with Gasteiger partial charge in [0.15, 0.2) is 5.11 Å². The van der Waals surface area contributed by atoms with E-state index in [1.807, 2.05) is 0 Å². The van der Waals surface area contributed by atoms with Gasteiger partial charge in [-0.25, -0.2) is 0 Å². The summed E-state index contributed by atoms with van der Waals surface area (Å²) in [6.07, 6.45) is -9.60. The van der Waals surface area contributed by atoms with Crippen LogP contribution in [0.2, 0.25) is 0 Å². The van der Waals surface area contributed by atoms with Crippen LogP contribution in [0.5, 0.6) is 5.75 Å². The van der Waals surface area contributed by atoms with Crippen LogP contribution in [0.3, 0.4) is 0 Å². The molecule has 0 bridgehead atoms. The van der Waals surface area contributed by atoms with Crippen LogP contribution in [-0.4, -0.2) is 32.3 Å². The lowest BCUT2D eigenvalue weighted by Crippen LogP contribution is -2.44. The first-order valence-electron chi connectivity index (χ1n) is 12.7. The SMILES string of the molecule is CC1(C)C(=NSCC(=S)Nc2ccc(C#N)c(C(F)(F)F)c2)N(c2ccc(C#N)c(C(F)(F)F)c2)C(=S)N1c1ccc(O)cc1. The second-order valence-corrected chi connectivity index (χ2v) is 11.6. The van der Waals surface area contributed by atoms with Crippen LogP contribution in [0, 0.1) is 22.7 Å². The van der Waals surface area contributed by atoms with E-state index in [1.54, 1.807) is 36.9 Å². The smallest absolute Gasteiger partial charge is 0.417 e. The summed E-state index contributed by atoms with van der Waals surface area (Å²) < 4.78 is 86.3. The van der Waals surface area contributed by atoms with E-state index in [4.69, 9.17) is 29.7 Å². The zero-order valence-corrected chi connectivity index (χ0v) is 25.6. The molecule has 7 nitrogen and oxygen atoms in total. The molecule has 1 aliphatic rings. The predicted molar refractivity (Wildman–Crippen MR) is 168 cm³/mol. The highest BCUT2D eigenvalue weighted by Crippen LogP contribution is 2.41. The van der Waals surface area contributed by atoms with E-state index in [1.165, 1.54) is 35.2 Å². The van der Waals surface area contributed by atoms with Crippen molar-refractivity contribution in [1.82, 2.24) is 0 Å². The lowest BCUT2D eigenvalue weighted by Gasteiger charge is -2.30. The van der Waals surface area contributed by atoms with Gasteiger partial charge in [0.1, 0.15) is 17.1 Å². The third-order valence-corrected chi connectivity index (χ3v) is 8.09. The molecule has 1 heterocycles. The normalized spacial score (nSPS) is 15.6. The zero-order chi connectivity index (χ0) is 33.3. The van der Waals surface area contributed by atoms with Crippen LogP contribution in [-0.2, 0) is 12.4 Å². The van der Waals surface area contributed by atoms with Gasteiger partial charge in [0.2, 0.25) is 0 Å². The number of nitrogens with zero attached hydrogens (tertiary/aromatic N) is 5. The number of amidine groups is 1. The summed E-state index contributed by atoms with van der Waals surface area (Å²) in [7, 11) is 0. The number of phenolic OH excluding ortho intramolecular Hbond substituents is 1. The van der Waals surface area contributed by atoms with Gasteiger partial charge < -0.3 is 15.3 Å². The molecule has 0 aromatic heterocycles. The van der Waals surface area contributed by atoms with Crippen LogP contribution in [0.15, 0.2) is 65.1 Å². The second kappa shape index (κ2) is 12.5. The second-order valence-electron chi connectivity index (χ2n) is 9.97. The Bertz CT molecular complexity index is 1780. The lowest BCUT2D eigenvalue weighted by molar-refractivity contribution is -0.138. The molecule has 0 radical (unpaired) electrons. The Kier molecular flexibility index (Phi) is 9.35. The van der Waals surface area contributed by atoms with E-state index in [2.05, 4.69) is 9.71 Å². The Balaban J connectivity index is 1.69. The summed E-state index contributed by atoms with van der Waals surface area (Å²) in [5, 5.41) is 30.8. The molecule has 4 rings (SSSR count). The largest absolute Gasteiger partial charge is 0.508 e. The summed E-state index contributed by atoms with van der Waals surface area (Å²) >= 11 is 11.9. The molecular formula is C29H20F6N6OS3. The molecule has 3 aromatic carbocycles. The molecule has 0 spiro atoms. The number of phenols is 1. The van der Waals surface area contributed by atoms with E-state index >= 15 is 0 Å². The highest BCUT2D eigenvalue weighted by Gasteiger charge is 2.49. The molecular weight excluding hydrogens is 659 g/mol. The maximum absolute atomic E-state index is 13.9. The summed E-state index contributed by atoms with van der Waals surface area (Å²) in [5.74, 6) is 0.136. The molecule has 0 amide bonds. The van der Waals surface area contributed by atoms with E-state index in [0.717, 1.165) is 36.2 Å². The molecule has 2 N–H and O–H groups in total. The van der Waals surface area contributed by atoms with E-state index in [-0.39, 0.29) is 38.8 Å². The number of hydrogen-bond donors (Lipinski definition) is 2. The average Bonchev–Trinajstić information content (AvgIpc) is 3.16. The van der Waals surface area contributed by atoms with Crippen molar-refractivity contribution in [1.29, 1.82) is 10.5 Å². The number of anilines is 3. The van der Waals surface area contributed by atoms with Crippen LogP contribution in [0.25, 0.3) is 0 Å². The lowest BCUT2D eigenvalue weighted by atomic mass is 10.0. The first-order valence-corrected chi connectivity index (χ1v) is 14.4. The van der Waals surface area contributed by atoms with E-state index in [9.17, 15) is 36.7 Å². The Morgan fingerprint density at radius 2 is 1.44 bits per heavy atom. The molecule has 1 saturated heterocycles. The number of benzene rings is 3. The quantitative estimate of drug-likeness (QED) is 0.152. The zero-order valence-electron chi connectivity index (χ0n) is 23.2. The van der Waals surface area contributed by atoms with Gasteiger partial charge in [0, 0.05) is 11.4 Å². The molecule has 0 atom stereocenters. The topological polar surface area (TPSA) is 98.7 Å². The Labute approximate surface area is 268 Å². The fraction of sp³-hybridized carbons (Fsp3) is 0.207. The van der Waals surface area contributed by atoms with Gasteiger partial charge >= 0.3 is 12.4 Å². The Morgan fingerprint density at radius 3 is 2.00 bits per heavy atom. The number of hydrogen-bond acceptors (Lipinski definition) is 7.